The van der Waals surface area contributed by atoms with Gasteiger partial charge in [-0.25, -0.2) is 0 Å². The molecule has 0 atom stereocenters. The molecule has 30 heavy (non-hydrogen) atoms. The number of aliphatic imine (C=N–C) groups is 1. The van der Waals surface area contributed by atoms with Crippen LogP contribution in [0.3, 0.4) is 0 Å². The van der Waals surface area contributed by atoms with Gasteiger partial charge >= 0.3 is 0 Å². The van der Waals surface area contributed by atoms with Gasteiger partial charge in [0, 0.05) is 37.0 Å². The molecule has 0 saturated heterocycles. The second-order valence-corrected chi connectivity index (χ2v) is 6.94. The third kappa shape index (κ3) is 6.25. The summed E-state index contributed by atoms with van der Waals surface area (Å²) in [6.07, 6.45) is 3.13. The lowest BCUT2D eigenvalue weighted by Crippen LogP contribution is -2.30. The number of halogens is 1. The number of carbonyl (C=O) groups excluding carboxylic acids is 1. The number of carbonyl (C=O) groups is 1. The number of methoxy groups -OCH3 is 2. The number of anilines is 2. The maximum absolute atomic E-state index is 12.1. The number of hydrogen-bond acceptors (Lipinski definition) is 4. The van der Waals surface area contributed by atoms with Gasteiger partial charge in [0.1, 0.15) is 0 Å². The highest BCUT2D eigenvalue weighted by atomic mass is 127. The summed E-state index contributed by atoms with van der Waals surface area (Å²) in [6.45, 7) is 0.570. The van der Waals surface area contributed by atoms with Crippen LogP contribution in [-0.4, -0.2) is 33.1 Å². The van der Waals surface area contributed by atoms with Crippen molar-refractivity contribution < 1.29 is 14.3 Å². The summed E-state index contributed by atoms with van der Waals surface area (Å²) in [5, 5.41) is 9.53. The Morgan fingerprint density at radius 1 is 1.03 bits per heavy atom. The summed E-state index contributed by atoms with van der Waals surface area (Å²) in [5.74, 6) is 2.22. The molecule has 8 heteroatoms. The quantitative estimate of drug-likeness (QED) is 0.287. The molecule has 1 aliphatic rings. The first-order valence-electron chi connectivity index (χ1n) is 9.72. The van der Waals surface area contributed by atoms with Gasteiger partial charge in [-0.1, -0.05) is 18.6 Å². The van der Waals surface area contributed by atoms with Crippen molar-refractivity contribution in [3.05, 3.63) is 48.0 Å². The number of ether oxygens (including phenoxy) is 2. The number of amides is 1. The van der Waals surface area contributed by atoms with Gasteiger partial charge in [-0.15, -0.1) is 24.0 Å². The van der Waals surface area contributed by atoms with Gasteiger partial charge in [0.15, 0.2) is 17.5 Å². The molecule has 3 N–H and O–H groups in total. The highest BCUT2D eigenvalue weighted by Crippen LogP contribution is 2.30. The van der Waals surface area contributed by atoms with Crippen LogP contribution >= 0.6 is 24.0 Å². The molecule has 7 nitrogen and oxygen atoms in total. The van der Waals surface area contributed by atoms with Crippen LogP contribution in [-0.2, 0) is 11.3 Å². The molecule has 162 valence electrons. The zero-order valence-electron chi connectivity index (χ0n) is 17.5. The topological polar surface area (TPSA) is 84.0 Å². The first kappa shape index (κ1) is 23.8. The molecule has 0 radical (unpaired) electrons. The lowest BCUT2D eigenvalue weighted by molar-refractivity contribution is -0.122. The summed E-state index contributed by atoms with van der Waals surface area (Å²) >= 11 is 0. The summed E-state index contributed by atoms with van der Waals surface area (Å²) in [7, 11) is 4.92. The van der Waals surface area contributed by atoms with Gasteiger partial charge in [-0.3, -0.25) is 9.79 Å². The second kappa shape index (κ2) is 11.6. The van der Waals surface area contributed by atoms with E-state index in [-0.39, 0.29) is 35.8 Å². The van der Waals surface area contributed by atoms with Crippen LogP contribution < -0.4 is 25.4 Å². The largest absolute Gasteiger partial charge is 0.493 e. The first-order valence-corrected chi connectivity index (χ1v) is 9.72. The van der Waals surface area contributed by atoms with E-state index in [1.54, 1.807) is 21.3 Å². The van der Waals surface area contributed by atoms with Gasteiger partial charge in [-0.2, -0.15) is 0 Å². The van der Waals surface area contributed by atoms with Gasteiger partial charge in [0.25, 0.3) is 0 Å². The predicted molar refractivity (Wildman–Crippen MR) is 131 cm³/mol. The summed E-state index contributed by atoms with van der Waals surface area (Å²) in [6, 6.07) is 13.4. The van der Waals surface area contributed by atoms with E-state index in [2.05, 4.69) is 20.9 Å². The van der Waals surface area contributed by atoms with Crippen LogP contribution in [0.4, 0.5) is 11.4 Å². The van der Waals surface area contributed by atoms with Crippen LogP contribution in [0.15, 0.2) is 47.5 Å². The Balaban J connectivity index is 0.00000320. The van der Waals surface area contributed by atoms with Crippen molar-refractivity contribution in [2.24, 2.45) is 10.9 Å². The average molecular weight is 524 g/mol. The van der Waals surface area contributed by atoms with E-state index in [1.807, 2.05) is 42.5 Å². The van der Waals surface area contributed by atoms with Gasteiger partial charge in [0.05, 0.1) is 14.2 Å². The van der Waals surface area contributed by atoms with Crippen molar-refractivity contribution in [3.8, 4) is 11.5 Å². The fourth-order valence-electron chi connectivity index (χ4n) is 3.09. The minimum absolute atomic E-state index is 0. The molecule has 1 saturated carbocycles. The molecular formula is C22H29IN4O3. The number of hydrogen-bond donors (Lipinski definition) is 3. The van der Waals surface area contributed by atoms with Crippen LogP contribution in [0.1, 0.15) is 24.8 Å². The molecule has 1 amide bonds. The van der Waals surface area contributed by atoms with Crippen molar-refractivity contribution >= 4 is 47.2 Å². The zero-order valence-corrected chi connectivity index (χ0v) is 19.9. The molecule has 0 aliphatic heterocycles. The fraction of sp³-hybridized carbons (Fsp3) is 0.364. The van der Waals surface area contributed by atoms with E-state index in [4.69, 9.17) is 9.47 Å². The number of nitrogens with one attached hydrogen (secondary N) is 3. The standard InChI is InChI=1S/C22H28N4O3.HI/c1-23-22(26-18-10-11-19(28-2)20(13-18)29-3)24-14-15-6-4-9-17(12-15)25-21(27)16-7-5-8-16;/h4,6,9-13,16H,5,7-8,14H2,1-3H3,(H,25,27)(H2,23,24,26);1H. The molecule has 0 heterocycles. The minimum Gasteiger partial charge on any atom is -0.493 e. The third-order valence-electron chi connectivity index (χ3n) is 5.00. The molecule has 2 aromatic rings. The molecule has 3 rings (SSSR count). The smallest absolute Gasteiger partial charge is 0.227 e. The molecule has 2 aromatic carbocycles. The van der Waals surface area contributed by atoms with Crippen LogP contribution in [0.25, 0.3) is 0 Å². The van der Waals surface area contributed by atoms with Gasteiger partial charge in [-0.05, 0) is 42.7 Å². The zero-order chi connectivity index (χ0) is 20.6. The third-order valence-corrected chi connectivity index (χ3v) is 5.00. The van der Waals surface area contributed by atoms with E-state index < -0.39 is 0 Å². The molecule has 0 aromatic heterocycles. The Labute approximate surface area is 194 Å². The maximum Gasteiger partial charge on any atom is 0.227 e. The highest BCUT2D eigenvalue weighted by molar-refractivity contribution is 14.0. The number of nitrogens with zero attached hydrogens (tertiary/aromatic N) is 1. The van der Waals surface area contributed by atoms with Crippen molar-refractivity contribution in [3.63, 3.8) is 0 Å². The van der Waals surface area contributed by atoms with E-state index in [0.717, 1.165) is 36.2 Å². The van der Waals surface area contributed by atoms with Crippen molar-refractivity contribution in [2.75, 3.05) is 31.9 Å². The number of guanidine groups is 1. The lowest BCUT2D eigenvalue weighted by atomic mass is 9.85. The van der Waals surface area contributed by atoms with Crippen molar-refractivity contribution in [2.45, 2.75) is 25.8 Å². The van der Waals surface area contributed by atoms with E-state index in [1.165, 1.54) is 0 Å². The molecule has 0 bridgehead atoms. The number of benzene rings is 2. The normalized spacial score (nSPS) is 13.5. The Morgan fingerprint density at radius 2 is 1.77 bits per heavy atom. The van der Waals surface area contributed by atoms with Crippen molar-refractivity contribution in [1.29, 1.82) is 0 Å². The first-order chi connectivity index (χ1) is 14.1. The predicted octanol–water partition coefficient (Wildman–Crippen LogP) is 4.25. The molecule has 0 spiro atoms. The van der Waals surface area contributed by atoms with Gasteiger partial charge < -0.3 is 25.4 Å². The van der Waals surface area contributed by atoms with Crippen LogP contribution in [0.5, 0.6) is 11.5 Å². The van der Waals surface area contributed by atoms with Crippen LogP contribution in [0, 0.1) is 5.92 Å². The molecule has 0 unspecified atom stereocenters. The van der Waals surface area contributed by atoms with Crippen molar-refractivity contribution in [1.82, 2.24) is 5.32 Å². The van der Waals surface area contributed by atoms with Gasteiger partial charge in [0.2, 0.25) is 5.91 Å². The Kier molecular flexibility index (Phi) is 9.22. The Hall–Kier alpha value is -2.49. The lowest BCUT2D eigenvalue weighted by Gasteiger charge is -2.24. The van der Waals surface area contributed by atoms with E-state index >= 15 is 0 Å². The maximum atomic E-state index is 12.1. The van der Waals surface area contributed by atoms with E-state index in [9.17, 15) is 4.79 Å². The Bertz CT molecular complexity index is 884. The summed E-state index contributed by atoms with van der Waals surface area (Å²) in [5.41, 5.74) is 2.70. The molecule has 1 aliphatic carbocycles. The average Bonchev–Trinajstić information content (AvgIpc) is 2.69. The minimum atomic E-state index is 0. The highest BCUT2D eigenvalue weighted by Gasteiger charge is 2.25. The SMILES string of the molecule is CN=C(NCc1cccc(NC(=O)C2CCC2)c1)Nc1ccc(OC)c(OC)c1.I. The molecule has 1 fully saturated rings. The second-order valence-electron chi connectivity index (χ2n) is 6.94. The van der Waals surface area contributed by atoms with E-state index in [0.29, 0.717) is 24.0 Å². The number of rotatable bonds is 7. The Morgan fingerprint density at radius 3 is 2.40 bits per heavy atom. The summed E-state index contributed by atoms with van der Waals surface area (Å²) in [4.78, 5) is 16.4. The summed E-state index contributed by atoms with van der Waals surface area (Å²) < 4.78 is 10.6. The fourth-order valence-corrected chi connectivity index (χ4v) is 3.09. The monoisotopic (exact) mass is 524 g/mol. The van der Waals surface area contributed by atoms with Crippen LogP contribution in [0.2, 0.25) is 0 Å². The molecular weight excluding hydrogens is 495 g/mol.